The first-order valence-electron chi connectivity index (χ1n) is 8.10. The minimum absolute atomic E-state index is 0.467. The standard InChI is InChI=1S/C22H14Br2ClNO/c23-19-7-6-17(22(24)12-19)14-27-21-8-4-15(5-9-21)10-18(13-26)16-2-1-3-20(25)11-16/h1-12H,14H2/b18-10-. The molecule has 0 aliphatic rings. The van der Waals surface area contributed by atoms with E-state index in [1.54, 1.807) is 12.1 Å². The van der Waals surface area contributed by atoms with Crippen LogP contribution in [-0.4, -0.2) is 0 Å². The van der Waals surface area contributed by atoms with E-state index in [-0.39, 0.29) is 0 Å². The van der Waals surface area contributed by atoms with Crippen molar-refractivity contribution >= 4 is 55.1 Å². The molecule has 0 spiro atoms. The van der Waals surface area contributed by atoms with E-state index in [1.165, 1.54) is 0 Å². The summed E-state index contributed by atoms with van der Waals surface area (Å²) in [4.78, 5) is 0. The summed E-state index contributed by atoms with van der Waals surface area (Å²) in [5.41, 5.74) is 3.34. The van der Waals surface area contributed by atoms with Crippen molar-refractivity contribution in [2.75, 3.05) is 0 Å². The Morgan fingerprint density at radius 2 is 1.81 bits per heavy atom. The van der Waals surface area contributed by atoms with Crippen LogP contribution < -0.4 is 4.74 Å². The molecule has 0 N–H and O–H groups in total. The number of rotatable bonds is 5. The number of benzene rings is 3. The average molecular weight is 504 g/mol. The first kappa shape index (κ1) is 19.7. The third kappa shape index (κ3) is 5.46. The van der Waals surface area contributed by atoms with Crippen LogP contribution in [-0.2, 0) is 6.61 Å². The van der Waals surface area contributed by atoms with Crippen LogP contribution in [0.1, 0.15) is 16.7 Å². The Bertz CT molecular complexity index is 1020. The molecule has 3 rings (SSSR count). The second kappa shape index (κ2) is 9.23. The molecule has 2 nitrogen and oxygen atoms in total. The summed E-state index contributed by atoms with van der Waals surface area (Å²) in [6, 6.07) is 23.1. The minimum Gasteiger partial charge on any atom is -0.489 e. The van der Waals surface area contributed by atoms with E-state index < -0.39 is 0 Å². The number of hydrogen-bond acceptors (Lipinski definition) is 2. The van der Waals surface area contributed by atoms with Gasteiger partial charge in [0.2, 0.25) is 0 Å². The van der Waals surface area contributed by atoms with Crippen molar-refractivity contribution in [1.82, 2.24) is 0 Å². The van der Waals surface area contributed by atoms with Gasteiger partial charge in [-0.05, 0) is 53.6 Å². The van der Waals surface area contributed by atoms with E-state index in [0.717, 1.165) is 31.4 Å². The second-order valence-corrected chi connectivity index (χ2v) is 7.98. The fourth-order valence-electron chi connectivity index (χ4n) is 2.46. The van der Waals surface area contributed by atoms with Gasteiger partial charge in [-0.1, -0.05) is 73.8 Å². The van der Waals surface area contributed by atoms with E-state index in [4.69, 9.17) is 16.3 Å². The highest BCUT2D eigenvalue weighted by Gasteiger charge is 2.04. The molecule has 0 heterocycles. The molecule has 0 aromatic heterocycles. The molecule has 0 aliphatic carbocycles. The molecule has 0 bridgehead atoms. The third-order valence-electron chi connectivity index (χ3n) is 3.86. The Labute approximate surface area is 180 Å². The van der Waals surface area contributed by atoms with Crippen LogP contribution in [0.3, 0.4) is 0 Å². The van der Waals surface area contributed by atoms with Gasteiger partial charge in [0.1, 0.15) is 12.4 Å². The Kier molecular flexibility index (Phi) is 6.73. The molecule has 0 aliphatic heterocycles. The van der Waals surface area contributed by atoms with Gasteiger partial charge < -0.3 is 4.74 Å². The van der Waals surface area contributed by atoms with E-state index in [1.807, 2.05) is 60.7 Å². The quantitative estimate of drug-likeness (QED) is 0.267. The maximum Gasteiger partial charge on any atom is 0.119 e. The summed E-state index contributed by atoms with van der Waals surface area (Å²) >= 11 is 13.0. The minimum atomic E-state index is 0.467. The molecule has 3 aromatic rings. The number of nitriles is 1. The summed E-state index contributed by atoms with van der Waals surface area (Å²) in [5, 5.41) is 10.1. The van der Waals surface area contributed by atoms with Crippen LogP contribution in [0.4, 0.5) is 0 Å². The van der Waals surface area contributed by atoms with Crippen LogP contribution in [0, 0.1) is 11.3 Å². The largest absolute Gasteiger partial charge is 0.489 e. The van der Waals surface area contributed by atoms with Gasteiger partial charge in [-0.3, -0.25) is 0 Å². The van der Waals surface area contributed by atoms with Gasteiger partial charge in [0.15, 0.2) is 0 Å². The zero-order valence-electron chi connectivity index (χ0n) is 14.1. The van der Waals surface area contributed by atoms with Gasteiger partial charge in [-0.15, -0.1) is 0 Å². The van der Waals surface area contributed by atoms with Crippen LogP contribution in [0.25, 0.3) is 11.6 Å². The molecular formula is C22H14Br2ClNO. The van der Waals surface area contributed by atoms with Crippen LogP contribution in [0.5, 0.6) is 5.75 Å². The number of nitrogens with zero attached hydrogens (tertiary/aromatic N) is 1. The Morgan fingerprint density at radius 3 is 2.48 bits per heavy atom. The van der Waals surface area contributed by atoms with Crippen molar-refractivity contribution in [1.29, 1.82) is 5.26 Å². The molecule has 0 unspecified atom stereocenters. The lowest BCUT2D eigenvalue weighted by Crippen LogP contribution is -1.96. The number of ether oxygens (including phenoxy) is 1. The summed E-state index contributed by atoms with van der Waals surface area (Å²) < 4.78 is 7.86. The first-order valence-corrected chi connectivity index (χ1v) is 10.1. The monoisotopic (exact) mass is 501 g/mol. The van der Waals surface area contributed by atoms with Crippen LogP contribution in [0.2, 0.25) is 5.02 Å². The molecule has 3 aromatic carbocycles. The van der Waals surface area contributed by atoms with Crippen molar-refractivity contribution in [3.63, 3.8) is 0 Å². The SMILES string of the molecule is N#C/C(=C/c1ccc(OCc2ccc(Br)cc2Br)cc1)c1cccc(Cl)c1. The van der Waals surface area contributed by atoms with Crippen LogP contribution in [0.15, 0.2) is 75.7 Å². The van der Waals surface area contributed by atoms with Crippen molar-refractivity contribution in [2.24, 2.45) is 0 Å². The maximum absolute atomic E-state index is 9.45. The van der Waals surface area contributed by atoms with Crippen molar-refractivity contribution in [2.45, 2.75) is 6.61 Å². The fraction of sp³-hybridized carbons (Fsp3) is 0.0455. The third-order valence-corrected chi connectivity index (χ3v) is 5.32. The molecule has 0 radical (unpaired) electrons. The van der Waals surface area contributed by atoms with Gasteiger partial charge >= 0.3 is 0 Å². The molecule has 134 valence electrons. The smallest absolute Gasteiger partial charge is 0.119 e. The van der Waals surface area contributed by atoms with Crippen molar-refractivity contribution < 1.29 is 4.74 Å². The Hall–Kier alpha value is -2.06. The van der Waals surface area contributed by atoms with Crippen molar-refractivity contribution in [3.05, 3.63) is 97.4 Å². The first-order chi connectivity index (χ1) is 13.0. The Morgan fingerprint density at radius 1 is 1.04 bits per heavy atom. The lowest BCUT2D eigenvalue weighted by Gasteiger charge is -2.09. The van der Waals surface area contributed by atoms with Crippen LogP contribution >= 0.6 is 43.5 Å². The highest BCUT2D eigenvalue weighted by atomic mass is 79.9. The molecule has 0 fully saturated rings. The van der Waals surface area contributed by atoms with E-state index in [0.29, 0.717) is 17.2 Å². The highest BCUT2D eigenvalue weighted by Crippen LogP contribution is 2.25. The highest BCUT2D eigenvalue weighted by molar-refractivity contribution is 9.11. The molecular weight excluding hydrogens is 490 g/mol. The van der Waals surface area contributed by atoms with E-state index >= 15 is 0 Å². The normalized spacial score (nSPS) is 11.1. The van der Waals surface area contributed by atoms with Gasteiger partial charge in [0.25, 0.3) is 0 Å². The molecule has 0 amide bonds. The topological polar surface area (TPSA) is 33.0 Å². The lowest BCUT2D eigenvalue weighted by molar-refractivity contribution is 0.305. The average Bonchev–Trinajstić information content (AvgIpc) is 2.66. The zero-order valence-corrected chi connectivity index (χ0v) is 18.1. The molecule has 0 saturated carbocycles. The van der Waals surface area contributed by atoms with Gasteiger partial charge in [-0.25, -0.2) is 0 Å². The molecule has 0 saturated heterocycles. The summed E-state index contributed by atoms with van der Waals surface area (Å²) in [6.07, 6.45) is 1.83. The zero-order chi connectivity index (χ0) is 19.2. The number of halogens is 3. The predicted molar refractivity (Wildman–Crippen MR) is 118 cm³/mol. The molecule has 0 atom stereocenters. The molecule has 27 heavy (non-hydrogen) atoms. The second-order valence-electron chi connectivity index (χ2n) is 5.77. The Balaban J connectivity index is 1.72. The number of allylic oxidation sites excluding steroid dienone is 1. The van der Waals surface area contributed by atoms with Gasteiger partial charge in [0.05, 0.1) is 11.6 Å². The van der Waals surface area contributed by atoms with E-state index in [9.17, 15) is 5.26 Å². The van der Waals surface area contributed by atoms with Crippen molar-refractivity contribution in [3.8, 4) is 11.8 Å². The summed E-state index contributed by atoms with van der Waals surface area (Å²) in [7, 11) is 0. The molecule has 5 heteroatoms. The summed E-state index contributed by atoms with van der Waals surface area (Å²) in [5.74, 6) is 0.767. The number of hydrogen-bond donors (Lipinski definition) is 0. The van der Waals surface area contributed by atoms with Gasteiger partial charge in [-0.2, -0.15) is 5.26 Å². The summed E-state index contributed by atoms with van der Waals surface area (Å²) in [6.45, 7) is 0.467. The predicted octanol–water partition coefficient (Wildman–Crippen LogP) is 7.51. The fourth-order valence-corrected chi connectivity index (χ4v) is 3.81. The van der Waals surface area contributed by atoms with Gasteiger partial charge in [0, 0.05) is 19.5 Å². The van der Waals surface area contributed by atoms with E-state index in [2.05, 4.69) is 37.9 Å². The lowest BCUT2D eigenvalue weighted by atomic mass is 10.0. The maximum atomic E-state index is 9.45.